The van der Waals surface area contributed by atoms with Crippen molar-refractivity contribution in [1.82, 2.24) is 5.48 Å². The lowest BCUT2D eigenvalue weighted by atomic mass is 10.2. The van der Waals surface area contributed by atoms with E-state index in [2.05, 4.69) is 21.4 Å². The predicted octanol–water partition coefficient (Wildman–Crippen LogP) is 2.98. The molecule has 1 rings (SSSR count). The molecule has 0 atom stereocenters. The van der Waals surface area contributed by atoms with Crippen LogP contribution in [0.3, 0.4) is 0 Å². The van der Waals surface area contributed by atoms with Crippen LogP contribution < -0.4 is 10.2 Å². The second-order valence-electron chi connectivity index (χ2n) is 4.96. The number of aryl methyl sites for hydroxylation is 1. The second-order valence-corrected chi connectivity index (χ2v) is 5.82. The molecule has 0 fully saturated rings. The van der Waals surface area contributed by atoms with E-state index in [1.165, 1.54) is 0 Å². The minimum absolute atomic E-state index is 0.0856. The van der Waals surface area contributed by atoms with Crippen LogP contribution in [0.15, 0.2) is 22.7 Å². The average molecular weight is 316 g/mol. The van der Waals surface area contributed by atoms with Crippen molar-refractivity contribution < 1.29 is 14.4 Å². The fourth-order valence-corrected chi connectivity index (χ4v) is 1.71. The summed E-state index contributed by atoms with van der Waals surface area (Å²) in [6.07, 6.45) is 0. The van der Waals surface area contributed by atoms with E-state index in [4.69, 9.17) is 9.57 Å². The lowest BCUT2D eigenvalue weighted by molar-refractivity contribution is -0.147. The molecule has 0 spiro atoms. The Hall–Kier alpha value is -1.07. The van der Waals surface area contributed by atoms with Crippen molar-refractivity contribution in [3.63, 3.8) is 0 Å². The maximum absolute atomic E-state index is 11.5. The van der Waals surface area contributed by atoms with Gasteiger partial charge in [-0.1, -0.05) is 6.07 Å². The standard InChI is InChI=1S/C13H18BrNO3/c1-9-5-6-11(10(14)7-9)17-8-12(16)15-18-13(2,3)4/h5-7H,8H2,1-4H3,(H,15,16). The van der Waals surface area contributed by atoms with Gasteiger partial charge in [-0.15, -0.1) is 0 Å². The number of nitrogens with one attached hydrogen (secondary N) is 1. The highest BCUT2D eigenvalue weighted by molar-refractivity contribution is 9.10. The Morgan fingerprint density at radius 3 is 2.61 bits per heavy atom. The Balaban J connectivity index is 2.43. The SMILES string of the molecule is Cc1ccc(OCC(=O)NOC(C)(C)C)c(Br)c1. The smallest absolute Gasteiger partial charge is 0.281 e. The first kappa shape index (κ1) is 15.0. The van der Waals surface area contributed by atoms with Crippen LogP contribution in [0.25, 0.3) is 0 Å². The summed E-state index contributed by atoms with van der Waals surface area (Å²) < 4.78 is 6.21. The van der Waals surface area contributed by atoms with Gasteiger partial charge in [-0.3, -0.25) is 9.63 Å². The summed E-state index contributed by atoms with van der Waals surface area (Å²) in [4.78, 5) is 16.6. The Morgan fingerprint density at radius 1 is 1.39 bits per heavy atom. The molecule has 0 aliphatic heterocycles. The van der Waals surface area contributed by atoms with Crippen molar-refractivity contribution in [2.75, 3.05) is 6.61 Å². The highest BCUT2D eigenvalue weighted by Gasteiger charge is 2.13. The van der Waals surface area contributed by atoms with Crippen molar-refractivity contribution in [1.29, 1.82) is 0 Å². The van der Waals surface area contributed by atoms with Gasteiger partial charge in [0.25, 0.3) is 5.91 Å². The van der Waals surface area contributed by atoms with Crippen LogP contribution in [0.2, 0.25) is 0 Å². The molecule has 0 radical (unpaired) electrons. The Labute approximate surface area is 116 Å². The van der Waals surface area contributed by atoms with Gasteiger partial charge in [-0.25, -0.2) is 5.48 Å². The van der Waals surface area contributed by atoms with Crippen LogP contribution in [-0.4, -0.2) is 18.1 Å². The first-order valence-corrected chi connectivity index (χ1v) is 6.43. The zero-order chi connectivity index (χ0) is 13.8. The number of ether oxygens (including phenoxy) is 1. The predicted molar refractivity (Wildman–Crippen MR) is 73.4 cm³/mol. The maximum Gasteiger partial charge on any atom is 0.281 e. The number of hydrogen-bond acceptors (Lipinski definition) is 3. The summed E-state index contributed by atoms with van der Waals surface area (Å²) in [5.41, 5.74) is 3.05. The molecule has 4 nitrogen and oxygen atoms in total. The third-order valence-electron chi connectivity index (χ3n) is 1.92. The van der Waals surface area contributed by atoms with E-state index in [1.54, 1.807) is 0 Å². The van der Waals surface area contributed by atoms with Crippen molar-refractivity contribution in [2.45, 2.75) is 33.3 Å². The number of rotatable bonds is 4. The van der Waals surface area contributed by atoms with E-state index in [0.717, 1.165) is 10.0 Å². The molecule has 0 aliphatic rings. The van der Waals surface area contributed by atoms with E-state index in [9.17, 15) is 4.79 Å². The van der Waals surface area contributed by atoms with Gasteiger partial charge in [0.15, 0.2) is 6.61 Å². The molecule has 0 aliphatic carbocycles. The molecular weight excluding hydrogens is 298 g/mol. The van der Waals surface area contributed by atoms with Gasteiger partial charge in [0.1, 0.15) is 5.75 Å². The van der Waals surface area contributed by atoms with Gasteiger partial charge >= 0.3 is 0 Å². The first-order chi connectivity index (χ1) is 8.28. The van der Waals surface area contributed by atoms with Gasteiger partial charge in [-0.2, -0.15) is 0 Å². The molecule has 1 aromatic carbocycles. The minimum Gasteiger partial charge on any atom is -0.483 e. The van der Waals surface area contributed by atoms with Crippen LogP contribution in [-0.2, 0) is 9.63 Å². The van der Waals surface area contributed by atoms with Crippen LogP contribution in [0.1, 0.15) is 26.3 Å². The fourth-order valence-electron chi connectivity index (χ4n) is 1.11. The van der Waals surface area contributed by atoms with Crippen molar-refractivity contribution in [2.24, 2.45) is 0 Å². The van der Waals surface area contributed by atoms with Gasteiger partial charge in [0.2, 0.25) is 0 Å². The molecular formula is C13H18BrNO3. The quantitative estimate of drug-likeness (QED) is 0.869. The Kier molecular flexibility index (Phi) is 5.16. The van der Waals surface area contributed by atoms with Gasteiger partial charge in [0, 0.05) is 0 Å². The summed E-state index contributed by atoms with van der Waals surface area (Å²) in [6.45, 7) is 7.45. The maximum atomic E-state index is 11.5. The summed E-state index contributed by atoms with van der Waals surface area (Å²) in [5.74, 6) is 0.309. The summed E-state index contributed by atoms with van der Waals surface area (Å²) >= 11 is 3.38. The molecule has 0 heterocycles. The Morgan fingerprint density at radius 2 is 2.06 bits per heavy atom. The molecule has 100 valence electrons. The van der Waals surface area contributed by atoms with Crippen LogP contribution in [0, 0.1) is 6.92 Å². The number of benzene rings is 1. The number of halogens is 1. The van der Waals surface area contributed by atoms with Crippen molar-refractivity contribution in [3.05, 3.63) is 28.2 Å². The van der Waals surface area contributed by atoms with Gasteiger partial charge in [-0.05, 0) is 61.3 Å². The molecule has 1 N–H and O–H groups in total. The third-order valence-corrected chi connectivity index (χ3v) is 2.54. The largest absolute Gasteiger partial charge is 0.483 e. The fraction of sp³-hybridized carbons (Fsp3) is 0.462. The lowest BCUT2D eigenvalue weighted by Gasteiger charge is -2.19. The highest BCUT2D eigenvalue weighted by Crippen LogP contribution is 2.25. The molecule has 18 heavy (non-hydrogen) atoms. The van der Waals surface area contributed by atoms with Crippen LogP contribution in [0.5, 0.6) is 5.75 Å². The van der Waals surface area contributed by atoms with Gasteiger partial charge < -0.3 is 4.74 Å². The first-order valence-electron chi connectivity index (χ1n) is 5.64. The summed E-state index contributed by atoms with van der Waals surface area (Å²) in [5, 5.41) is 0. The topological polar surface area (TPSA) is 47.6 Å². The number of hydrogen-bond donors (Lipinski definition) is 1. The van der Waals surface area contributed by atoms with Crippen LogP contribution in [0.4, 0.5) is 0 Å². The van der Waals surface area contributed by atoms with E-state index >= 15 is 0 Å². The number of carbonyl (C=O) groups is 1. The average Bonchev–Trinajstić information content (AvgIpc) is 2.24. The summed E-state index contributed by atoms with van der Waals surface area (Å²) in [7, 11) is 0. The molecule has 0 saturated heterocycles. The van der Waals surface area contributed by atoms with E-state index in [-0.39, 0.29) is 12.5 Å². The van der Waals surface area contributed by atoms with E-state index in [0.29, 0.717) is 5.75 Å². The molecule has 5 heteroatoms. The van der Waals surface area contributed by atoms with Crippen LogP contribution >= 0.6 is 15.9 Å². The number of carbonyl (C=O) groups excluding carboxylic acids is 1. The molecule has 0 aromatic heterocycles. The lowest BCUT2D eigenvalue weighted by Crippen LogP contribution is -2.36. The zero-order valence-corrected chi connectivity index (χ0v) is 12.6. The second kappa shape index (κ2) is 6.20. The molecule has 1 amide bonds. The molecule has 0 unspecified atom stereocenters. The number of amides is 1. The highest BCUT2D eigenvalue weighted by atomic mass is 79.9. The molecule has 0 saturated carbocycles. The van der Waals surface area contributed by atoms with E-state index < -0.39 is 5.60 Å². The number of hydroxylamine groups is 1. The Bertz CT molecular complexity index is 427. The molecule has 1 aromatic rings. The normalized spacial score (nSPS) is 11.2. The van der Waals surface area contributed by atoms with Crippen molar-refractivity contribution >= 4 is 21.8 Å². The third kappa shape index (κ3) is 5.51. The molecule has 0 bridgehead atoms. The van der Waals surface area contributed by atoms with Gasteiger partial charge in [0.05, 0.1) is 10.1 Å². The van der Waals surface area contributed by atoms with E-state index in [1.807, 2.05) is 45.9 Å². The summed E-state index contributed by atoms with van der Waals surface area (Å²) in [6, 6.07) is 5.67. The zero-order valence-electron chi connectivity index (χ0n) is 11.0. The minimum atomic E-state index is -0.417. The monoisotopic (exact) mass is 315 g/mol. The van der Waals surface area contributed by atoms with Crippen molar-refractivity contribution in [3.8, 4) is 5.75 Å².